The molecule has 0 unspecified atom stereocenters. The number of nitrogen functional groups attached to an aromatic ring is 1. The predicted molar refractivity (Wildman–Crippen MR) is 108 cm³/mol. The van der Waals surface area contributed by atoms with E-state index in [0.29, 0.717) is 21.7 Å². The summed E-state index contributed by atoms with van der Waals surface area (Å²) in [7, 11) is 0. The zero-order valence-electron chi connectivity index (χ0n) is 14.3. The van der Waals surface area contributed by atoms with Gasteiger partial charge in [0.25, 0.3) is 0 Å². The molecule has 4 rings (SSSR count). The lowest BCUT2D eigenvalue weighted by Gasteiger charge is -2.25. The second kappa shape index (κ2) is 6.93. The van der Waals surface area contributed by atoms with Gasteiger partial charge in [-0.05, 0) is 49.2 Å². The van der Waals surface area contributed by atoms with Gasteiger partial charge in [-0.1, -0.05) is 42.5 Å². The first-order valence-electron chi connectivity index (χ1n) is 8.86. The Hall–Kier alpha value is -2.04. The van der Waals surface area contributed by atoms with Crippen LogP contribution in [0.15, 0.2) is 36.4 Å². The summed E-state index contributed by atoms with van der Waals surface area (Å²) in [5, 5.41) is 8.75. The van der Waals surface area contributed by atoms with Crippen molar-refractivity contribution in [2.75, 3.05) is 0 Å². The van der Waals surface area contributed by atoms with Crippen LogP contribution >= 0.6 is 23.2 Å². The van der Waals surface area contributed by atoms with Gasteiger partial charge in [0.1, 0.15) is 11.7 Å². The Bertz CT molecular complexity index is 987. The first-order valence-corrected chi connectivity index (χ1v) is 9.62. The minimum absolute atomic E-state index is 0.0511. The van der Waals surface area contributed by atoms with Crippen molar-refractivity contribution in [3.63, 3.8) is 0 Å². The van der Waals surface area contributed by atoms with Gasteiger partial charge in [-0.15, -0.1) is 0 Å². The van der Waals surface area contributed by atoms with Gasteiger partial charge < -0.3 is 10.3 Å². The Kier molecular flexibility index (Phi) is 4.63. The zero-order valence-corrected chi connectivity index (χ0v) is 15.8. The fourth-order valence-corrected chi connectivity index (χ4v) is 4.11. The highest BCUT2D eigenvalue weighted by Crippen LogP contribution is 2.37. The van der Waals surface area contributed by atoms with Crippen molar-refractivity contribution < 1.29 is 0 Å². The Morgan fingerprint density at radius 3 is 2.50 bits per heavy atom. The van der Waals surface area contributed by atoms with Gasteiger partial charge >= 0.3 is 0 Å². The third-order valence-corrected chi connectivity index (χ3v) is 5.86. The molecule has 2 aromatic carbocycles. The Labute approximate surface area is 162 Å². The minimum atomic E-state index is 0.0511. The lowest BCUT2D eigenvalue weighted by Crippen LogP contribution is -2.14. The van der Waals surface area contributed by atoms with E-state index < -0.39 is 0 Å². The molecule has 0 atom stereocenters. The van der Waals surface area contributed by atoms with Gasteiger partial charge in [0.2, 0.25) is 0 Å². The van der Waals surface area contributed by atoms with E-state index in [1.165, 1.54) is 19.3 Å². The van der Waals surface area contributed by atoms with Crippen molar-refractivity contribution in [1.29, 1.82) is 5.41 Å². The molecule has 0 aliphatic heterocycles. The molecule has 26 heavy (non-hydrogen) atoms. The fourth-order valence-electron chi connectivity index (χ4n) is 3.81. The fraction of sp³-hybridized carbons (Fsp3) is 0.300. The zero-order chi connectivity index (χ0) is 18.3. The molecule has 0 saturated heterocycles. The summed E-state index contributed by atoms with van der Waals surface area (Å²) in [6.07, 6.45) is 6.05. The van der Waals surface area contributed by atoms with Gasteiger partial charge in [0.05, 0.1) is 21.1 Å². The summed E-state index contributed by atoms with van der Waals surface area (Å²) in [6.45, 7) is 0. The SMILES string of the molecule is N=C(N)c1ccc2c(c1)nc(-c1ccc(Cl)c(Cl)c1)n2C1CCCCC1. The van der Waals surface area contributed by atoms with Crippen molar-refractivity contribution in [3.8, 4) is 11.4 Å². The quantitative estimate of drug-likeness (QED) is 0.441. The average Bonchev–Trinajstić information content (AvgIpc) is 3.03. The summed E-state index contributed by atoms with van der Waals surface area (Å²) < 4.78 is 2.33. The van der Waals surface area contributed by atoms with Crippen LogP contribution in [0, 0.1) is 5.41 Å². The van der Waals surface area contributed by atoms with Crippen molar-refractivity contribution in [3.05, 3.63) is 52.0 Å². The van der Waals surface area contributed by atoms with Gasteiger partial charge in [-0.2, -0.15) is 0 Å². The highest BCUT2D eigenvalue weighted by atomic mass is 35.5. The normalized spacial score (nSPS) is 15.5. The molecule has 1 aliphatic rings. The van der Waals surface area contributed by atoms with E-state index in [-0.39, 0.29) is 5.84 Å². The summed E-state index contributed by atoms with van der Waals surface area (Å²) in [5.41, 5.74) is 9.22. The van der Waals surface area contributed by atoms with Crippen molar-refractivity contribution in [1.82, 2.24) is 9.55 Å². The molecule has 0 radical (unpaired) electrons. The number of amidine groups is 1. The van der Waals surface area contributed by atoms with Crippen LogP contribution in [-0.4, -0.2) is 15.4 Å². The lowest BCUT2D eigenvalue weighted by atomic mass is 9.95. The van der Waals surface area contributed by atoms with E-state index in [2.05, 4.69) is 4.57 Å². The largest absolute Gasteiger partial charge is 0.384 e. The third-order valence-electron chi connectivity index (χ3n) is 5.12. The molecule has 3 N–H and O–H groups in total. The van der Waals surface area contributed by atoms with E-state index in [1.807, 2.05) is 36.4 Å². The van der Waals surface area contributed by atoms with Gasteiger partial charge in [0, 0.05) is 17.2 Å². The maximum absolute atomic E-state index is 7.69. The molecule has 0 bridgehead atoms. The smallest absolute Gasteiger partial charge is 0.141 e. The number of benzene rings is 2. The molecule has 1 heterocycles. The first-order chi connectivity index (χ1) is 12.5. The molecular weight excluding hydrogens is 367 g/mol. The standard InChI is InChI=1S/C20H20Cl2N4/c21-15-8-6-13(10-16(15)22)20-25-17-11-12(19(23)24)7-9-18(17)26(20)14-4-2-1-3-5-14/h6-11,14H,1-5H2,(H3,23,24). The molecule has 0 spiro atoms. The van der Waals surface area contributed by atoms with Crippen molar-refractivity contribution >= 4 is 40.1 Å². The Morgan fingerprint density at radius 2 is 1.81 bits per heavy atom. The number of imidazole rings is 1. The Balaban J connectivity index is 1.93. The molecule has 3 aromatic rings. The van der Waals surface area contributed by atoms with Crippen LogP contribution in [-0.2, 0) is 0 Å². The molecule has 1 aromatic heterocycles. The number of nitrogens with two attached hydrogens (primary N) is 1. The summed E-state index contributed by atoms with van der Waals surface area (Å²) in [5.74, 6) is 0.946. The number of fused-ring (bicyclic) bond motifs is 1. The maximum Gasteiger partial charge on any atom is 0.141 e. The second-order valence-corrected chi connectivity index (χ2v) is 7.66. The molecule has 1 saturated carbocycles. The highest BCUT2D eigenvalue weighted by Gasteiger charge is 2.23. The molecule has 6 heteroatoms. The van der Waals surface area contributed by atoms with Crippen molar-refractivity contribution in [2.45, 2.75) is 38.1 Å². The lowest BCUT2D eigenvalue weighted by molar-refractivity contribution is 0.362. The van der Waals surface area contributed by atoms with E-state index in [9.17, 15) is 0 Å². The van der Waals surface area contributed by atoms with Crippen molar-refractivity contribution in [2.24, 2.45) is 5.73 Å². The van der Waals surface area contributed by atoms with E-state index in [1.54, 1.807) is 0 Å². The minimum Gasteiger partial charge on any atom is -0.384 e. The highest BCUT2D eigenvalue weighted by molar-refractivity contribution is 6.42. The Morgan fingerprint density at radius 1 is 1.04 bits per heavy atom. The number of nitrogens with zero attached hydrogens (tertiary/aromatic N) is 2. The van der Waals surface area contributed by atoms with Gasteiger partial charge in [-0.25, -0.2) is 4.98 Å². The second-order valence-electron chi connectivity index (χ2n) is 6.84. The number of aromatic nitrogens is 2. The number of nitrogens with one attached hydrogen (secondary N) is 1. The number of hydrogen-bond donors (Lipinski definition) is 2. The van der Waals surface area contributed by atoms with Crippen LogP contribution in [0.1, 0.15) is 43.7 Å². The molecule has 1 aliphatic carbocycles. The molecule has 134 valence electrons. The monoisotopic (exact) mass is 386 g/mol. The summed E-state index contributed by atoms with van der Waals surface area (Å²) in [4.78, 5) is 4.88. The summed E-state index contributed by atoms with van der Waals surface area (Å²) >= 11 is 12.3. The maximum atomic E-state index is 7.69. The van der Waals surface area contributed by atoms with Crippen LogP contribution in [0.2, 0.25) is 10.0 Å². The molecular formula is C20H20Cl2N4. The number of hydrogen-bond acceptors (Lipinski definition) is 2. The molecule has 0 amide bonds. The van der Waals surface area contributed by atoms with Crippen LogP contribution in [0.5, 0.6) is 0 Å². The van der Waals surface area contributed by atoms with Gasteiger partial charge in [0.15, 0.2) is 0 Å². The number of rotatable bonds is 3. The molecule has 4 nitrogen and oxygen atoms in total. The number of halogens is 2. The molecule has 1 fully saturated rings. The topological polar surface area (TPSA) is 67.7 Å². The third kappa shape index (κ3) is 3.08. The van der Waals surface area contributed by atoms with E-state index in [4.69, 9.17) is 39.3 Å². The average molecular weight is 387 g/mol. The summed E-state index contributed by atoms with van der Waals surface area (Å²) in [6, 6.07) is 11.9. The first kappa shape index (κ1) is 17.4. The van der Waals surface area contributed by atoms with Crippen LogP contribution < -0.4 is 5.73 Å². The van der Waals surface area contributed by atoms with Crippen LogP contribution in [0.4, 0.5) is 0 Å². The van der Waals surface area contributed by atoms with Crippen LogP contribution in [0.25, 0.3) is 22.4 Å². The van der Waals surface area contributed by atoms with Gasteiger partial charge in [-0.3, -0.25) is 5.41 Å². The predicted octanol–water partition coefficient (Wildman–Crippen LogP) is 5.80. The van der Waals surface area contributed by atoms with Crippen LogP contribution in [0.3, 0.4) is 0 Å². The van der Waals surface area contributed by atoms with E-state index in [0.717, 1.165) is 35.3 Å². The van der Waals surface area contributed by atoms with E-state index >= 15 is 0 Å².